The molecule has 0 saturated heterocycles. The molecule has 0 fully saturated rings. The first kappa shape index (κ1) is 14.3. The molecule has 0 aromatic carbocycles. The lowest BCUT2D eigenvalue weighted by Gasteiger charge is -2.20. The van der Waals surface area contributed by atoms with Crippen LogP contribution in [0.1, 0.15) is 24.3 Å². The molecule has 0 saturated carbocycles. The van der Waals surface area contributed by atoms with Crippen LogP contribution >= 0.6 is 0 Å². The molecule has 0 spiro atoms. The van der Waals surface area contributed by atoms with E-state index in [1.165, 1.54) is 13.0 Å². The monoisotopic (exact) mass is 254 g/mol. The van der Waals surface area contributed by atoms with E-state index in [4.69, 9.17) is 5.11 Å². The lowest BCUT2D eigenvalue weighted by Crippen LogP contribution is -2.37. The minimum absolute atomic E-state index is 0.138. The van der Waals surface area contributed by atoms with E-state index in [9.17, 15) is 9.90 Å². The summed E-state index contributed by atoms with van der Waals surface area (Å²) in [7, 11) is 0. The lowest BCUT2D eigenvalue weighted by molar-refractivity contribution is 0.0131. The minimum atomic E-state index is -1.22. The highest BCUT2D eigenvalue weighted by atomic mass is 16.3. The van der Waals surface area contributed by atoms with Gasteiger partial charge in [0, 0.05) is 13.1 Å². The zero-order valence-corrected chi connectivity index (χ0v) is 10.5. The van der Waals surface area contributed by atoms with E-state index in [1.807, 2.05) is 6.92 Å². The number of carbonyl (C=O) groups is 1. The number of amides is 1. The van der Waals surface area contributed by atoms with Crippen LogP contribution in [0, 0.1) is 0 Å². The second kappa shape index (κ2) is 6.27. The molecule has 1 unspecified atom stereocenters. The molecule has 0 bridgehead atoms. The maximum Gasteiger partial charge on any atom is 0.271 e. The highest BCUT2D eigenvalue weighted by molar-refractivity contribution is 5.92. The van der Waals surface area contributed by atoms with Crippen molar-refractivity contribution in [2.24, 2.45) is 0 Å². The van der Waals surface area contributed by atoms with Gasteiger partial charge in [0.15, 0.2) is 5.69 Å². The van der Waals surface area contributed by atoms with Crippen molar-refractivity contribution in [1.29, 1.82) is 0 Å². The van der Waals surface area contributed by atoms with Gasteiger partial charge in [0.05, 0.1) is 6.61 Å². The van der Waals surface area contributed by atoms with Gasteiger partial charge in [0.25, 0.3) is 5.91 Å². The summed E-state index contributed by atoms with van der Waals surface area (Å²) in [6, 6.07) is 3.12. The number of hydrogen-bond acceptors (Lipinski definition) is 6. The van der Waals surface area contributed by atoms with Crippen LogP contribution in [0.2, 0.25) is 0 Å². The second-order valence-electron chi connectivity index (χ2n) is 4.17. The molecule has 4 N–H and O–H groups in total. The molecule has 1 amide bonds. The van der Waals surface area contributed by atoms with Gasteiger partial charge in [0.1, 0.15) is 11.4 Å². The summed E-state index contributed by atoms with van der Waals surface area (Å²) >= 11 is 0. The lowest BCUT2D eigenvalue weighted by atomic mass is 10.1. The van der Waals surface area contributed by atoms with Crippen LogP contribution in [0.4, 0.5) is 5.82 Å². The summed E-state index contributed by atoms with van der Waals surface area (Å²) in [5.41, 5.74) is -0.990. The number of aliphatic hydroxyl groups excluding tert-OH is 1. The Morgan fingerprint density at radius 3 is 2.67 bits per heavy atom. The fourth-order valence-corrected chi connectivity index (χ4v) is 1.14. The predicted molar refractivity (Wildman–Crippen MR) is 66.2 cm³/mol. The van der Waals surface area contributed by atoms with Crippen molar-refractivity contribution < 1.29 is 15.0 Å². The average molecular weight is 254 g/mol. The molecule has 18 heavy (non-hydrogen) atoms. The molecule has 1 rings (SSSR count). The molecule has 1 atom stereocenters. The molecule has 1 aromatic rings. The van der Waals surface area contributed by atoms with Crippen LogP contribution in [-0.2, 0) is 0 Å². The van der Waals surface area contributed by atoms with Gasteiger partial charge < -0.3 is 20.8 Å². The number of aliphatic hydroxyl groups is 2. The number of carbonyl (C=O) groups excluding carboxylic acids is 1. The third-order valence-electron chi connectivity index (χ3n) is 2.23. The summed E-state index contributed by atoms with van der Waals surface area (Å²) in [4.78, 5) is 11.4. The van der Waals surface area contributed by atoms with Gasteiger partial charge in [-0.2, -0.15) is 0 Å². The summed E-state index contributed by atoms with van der Waals surface area (Å²) in [6.07, 6.45) is 0. The number of nitrogens with one attached hydrogen (secondary N) is 2. The molecule has 0 radical (unpaired) electrons. The number of anilines is 1. The van der Waals surface area contributed by atoms with Crippen LogP contribution in [0.5, 0.6) is 0 Å². The van der Waals surface area contributed by atoms with Crippen molar-refractivity contribution in [3.63, 3.8) is 0 Å². The molecular formula is C11H18N4O3. The first-order chi connectivity index (χ1) is 8.48. The van der Waals surface area contributed by atoms with E-state index < -0.39 is 5.60 Å². The Morgan fingerprint density at radius 2 is 2.17 bits per heavy atom. The van der Waals surface area contributed by atoms with Gasteiger partial charge in [-0.1, -0.05) is 0 Å². The second-order valence-corrected chi connectivity index (χ2v) is 4.17. The zero-order chi connectivity index (χ0) is 13.6. The van der Waals surface area contributed by atoms with E-state index in [2.05, 4.69) is 20.8 Å². The number of rotatable bonds is 6. The molecule has 1 aromatic heterocycles. The molecule has 7 nitrogen and oxygen atoms in total. The Balaban J connectivity index is 2.58. The van der Waals surface area contributed by atoms with Gasteiger partial charge >= 0.3 is 0 Å². The van der Waals surface area contributed by atoms with Crippen molar-refractivity contribution in [2.75, 3.05) is 25.0 Å². The molecule has 0 aliphatic rings. The topological polar surface area (TPSA) is 107 Å². The molecule has 7 heteroatoms. The largest absolute Gasteiger partial charge is 0.393 e. The Labute approximate surface area is 105 Å². The van der Waals surface area contributed by atoms with E-state index in [-0.39, 0.29) is 24.8 Å². The van der Waals surface area contributed by atoms with Crippen molar-refractivity contribution in [3.05, 3.63) is 17.8 Å². The van der Waals surface area contributed by atoms with Crippen LogP contribution in [0.15, 0.2) is 12.1 Å². The number of hydrogen-bond donors (Lipinski definition) is 4. The van der Waals surface area contributed by atoms with Crippen LogP contribution in [0.3, 0.4) is 0 Å². The van der Waals surface area contributed by atoms with E-state index in [0.717, 1.165) is 0 Å². The Kier molecular flexibility index (Phi) is 4.99. The van der Waals surface area contributed by atoms with E-state index in [1.54, 1.807) is 6.07 Å². The molecule has 0 aliphatic heterocycles. The first-order valence-electron chi connectivity index (χ1n) is 5.67. The summed E-state index contributed by atoms with van der Waals surface area (Å²) in [6.45, 7) is 3.62. The molecular weight excluding hydrogens is 236 g/mol. The number of nitrogens with zero attached hydrogens (tertiary/aromatic N) is 2. The quantitative estimate of drug-likeness (QED) is 0.539. The van der Waals surface area contributed by atoms with Crippen molar-refractivity contribution >= 4 is 11.7 Å². The zero-order valence-electron chi connectivity index (χ0n) is 10.5. The standard InChI is InChI=1S/C11H18N4O3/c1-3-12-10(17)8-4-5-9(15-14-8)13-6-11(2,18)7-16/h4-5,16,18H,3,6-7H2,1-2H3,(H,12,17)(H,13,15). The van der Waals surface area contributed by atoms with Gasteiger partial charge in [0.2, 0.25) is 0 Å². The first-order valence-corrected chi connectivity index (χ1v) is 5.67. The third kappa shape index (κ3) is 4.27. The predicted octanol–water partition coefficient (Wildman–Crippen LogP) is -0.619. The summed E-state index contributed by atoms with van der Waals surface area (Å²) in [5.74, 6) is 0.149. The number of aromatic nitrogens is 2. The van der Waals surface area contributed by atoms with Gasteiger partial charge in [-0.25, -0.2) is 0 Å². The van der Waals surface area contributed by atoms with Gasteiger partial charge in [-0.15, -0.1) is 10.2 Å². The third-order valence-corrected chi connectivity index (χ3v) is 2.23. The Hall–Kier alpha value is -1.73. The maximum atomic E-state index is 11.4. The van der Waals surface area contributed by atoms with Crippen molar-refractivity contribution in [1.82, 2.24) is 15.5 Å². The molecule has 0 aliphatic carbocycles. The van der Waals surface area contributed by atoms with Crippen LogP contribution in [0.25, 0.3) is 0 Å². The maximum absolute atomic E-state index is 11.4. The minimum Gasteiger partial charge on any atom is -0.393 e. The van der Waals surface area contributed by atoms with Gasteiger partial charge in [-0.05, 0) is 26.0 Å². The van der Waals surface area contributed by atoms with E-state index >= 15 is 0 Å². The van der Waals surface area contributed by atoms with Crippen molar-refractivity contribution in [3.8, 4) is 0 Å². The molecule has 1 heterocycles. The highest BCUT2D eigenvalue weighted by Crippen LogP contribution is 2.06. The van der Waals surface area contributed by atoms with Crippen LogP contribution < -0.4 is 10.6 Å². The highest BCUT2D eigenvalue weighted by Gasteiger charge is 2.18. The molecule has 100 valence electrons. The Morgan fingerprint density at radius 1 is 1.44 bits per heavy atom. The smallest absolute Gasteiger partial charge is 0.271 e. The summed E-state index contributed by atoms with van der Waals surface area (Å²) < 4.78 is 0. The SMILES string of the molecule is CCNC(=O)c1ccc(NCC(C)(O)CO)nn1. The summed E-state index contributed by atoms with van der Waals surface area (Å²) in [5, 5.41) is 31.4. The fraction of sp³-hybridized carbons (Fsp3) is 0.545. The average Bonchev–Trinajstić information content (AvgIpc) is 2.37. The van der Waals surface area contributed by atoms with Crippen molar-refractivity contribution in [2.45, 2.75) is 19.4 Å². The van der Waals surface area contributed by atoms with E-state index in [0.29, 0.717) is 12.4 Å². The normalized spacial score (nSPS) is 13.8. The fourth-order valence-electron chi connectivity index (χ4n) is 1.14. The Bertz CT molecular complexity index is 392. The van der Waals surface area contributed by atoms with Gasteiger partial charge in [-0.3, -0.25) is 4.79 Å². The van der Waals surface area contributed by atoms with Crippen LogP contribution in [-0.4, -0.2) is 51.6 Å².